The summed E-state index contributed by atoms with van der Waals surface area (Å²) in [5.74, 6) is -0.121. The summed E-state index contributed by atoms with van der Waals surface area (Å²) in [5, 5.41) is 2.87. The van der Waals surface area contributed by atoms with E-state index in [1.165, 1.54) is 10.6 Å². The summed E-state index contributed by atoms with van der Waals surface area (Å²) in [5.41, 5.74) is 2.88. The Morgan fingerprint density at radius 2 is 1.53 bits per heavy atom. The molecule has 0 saturated carbocycles. The lowest BCUT2D eigenvalue weighted by atomic mass is 10.2. The molecule has 1 fully saturated rings. The van der Waals surface area contributed by atoms with Crippen LogP contribution >= 0.6 is 0 Å². The van der Waals surface area contributed by atoms with E-state index in [2.05, 4.69) is 22.3 Å². The van der Waals surface area contributed by atoms with E-state index in [0.29, 0.717) is 12.2 Å². The molecule has 2 N–H and O–H groups in total. The Bertz CT molecular complexity index is 1060. The Morgan fingerprint density at radius 3 is 2.13 bits per heavy atom. The molecule has 0 spiro atoms. The van der Waals surface area contributed by atoms with Gasteiger partial charge in [0.1, 0.15) is 5.69 Å². The average Bonchev–Trinajstić information content (AvgIpc) is 2.98. The number of nitrogens with one attached hydrogen (secondary N) is 2. The molecule has 0 unspecified atom stereocenters. The van der Waals surface area contributed by atoms with Gasteiger partial charge in [-0.3, -0.25) is 14.3 Å². The maximum atomic E-state index is 13.0. The minimum absolute atomic E-state index is 0.121. The molecule has 0 atom stereocenters. The number of aromatic nitrogens is 2. The van der Waals surface area contributed by atoms with Gasteiger partial charge in [-0.15, -0.1) is 0 Å². The van der Waals surface area contributed by atoms with Crippen molar-refractivity contribution in [2.75, 3.05) is 42.9 Å². The van der Waals surface area contributed by atoms with Crippen molar-refractivity contribution in [3.63, 3.8) is 0 Å². The molecular weight excluding hydrogens is 378 g/mol. The van der Waals surface area contributed by atoms with Gasteiger partial charge in [-0.05, 0) is 31.2 Å². The molecule has 7 heteroatoms. The van der Waals surface area contributed by atoms with Gasteiger partial charge < -0.3 is 15.1 Å². The van der Waals surface area contributed by atoms with Gasteiger partial charge in [-0.1, -0.05) is 36.4 Å². The standard InChI is InChI=1S/C23H27N5O2/c1-18-22(23(30)28(25(18)2)20-11-7-4-8-12-20)24-21(29)17-26-13-15-27(16-14-26)19-9-5-3-6-10-19/h3-12H,13-17H2,1-2H3,(H,24,29)/p+1. The fourth-order valence-electron chi connectivity index (χ4n) is 4.02. The number of carbonyl (C=O) groups is 1. The molecule has 2 aromatic carbocycles. The van der Waals surface area contributed by atoms with Crippen LogP contribution in [0.25, 0.3) is 5.69 Å². The van der Waals surface area contributed by atoms with E-state index in [1.54, 1.807) is 9.36 Å². The van der Waals surface area contributed by atoms with E-state index in [4.69, 9.17) is 0 Å². The van der Waals surface area contributed by atoms with Crippen molar-refractivity contribution in [2.45, 2.75) is 6.92 Å². The quantitative estimate of drug-likeness (QED) is 0.660. The number of benzene rings is 2. The van der Waals surface area contributed by atoms with Crippen molar-refractivity contribution < 1.29 is 9.69 Å². The molecule has 1 saturated heterocycles. The number of para-hydroxylation sites is 2. The average molecular weight is 407 g/mol. The Balaban J connectivity index is 1.40. The molecule has 0 aliphatic carbocycles. The number of rotatable bonds is 5. The van der Waals surface area contributed by atoms with E-state index in [-0.39, 0.29) is 11.5 Å². The zero-order valence-electron chi connectivity index (χ0n) is 17.5. The first kappa shape index (κ1) is 20.0. The van der Waals surface area contributed by atoms with Crippen molar-refractivity contribution in [1.82, 2.24) is 9.36 Å². The van der Waals surface area contributed by atoms with Crippen LogP contribution in [0.3, 0.4) is 0 Å². The van der Waals surface area contributed by atoms with E-state index < -0.39 is 0 Å². The van der Waals surface area contributed by atoms with Crippen molar-refractivity contribution >= 4 is 17.3 Å². The van der Waals surface area contributed by atoms with E-state index in [9.17, 15) is 9.59 Å². The van der Waals surface area contributed by atoms with Crippen LogP contribution in [0.2, 0.25) is 0 Å². The lowest BCUT2D eigenvalue weighted by molar-refractivity contribution is -0.892. The highest BCUT2D eigenvalue weighted by molar-refractivity contribution is 5.91. The first-order valence-electron chi connectivity index (χ1n) is 10.3. The van der Waals surface area contributed by atoms with Crippen LogP contribution in [-0.2, 0) is 11.8 Å². The fourth-order valence-corrected chi connectivity index (χ4v) is 4.02. The van der Waals surface area contributed by atoms with Gasteiger partial charge in [-0.25, -0.2) is 4.68 Å². The minimum atomic E-state index is -0.210. The smallest absolute Gasteiger partial charge is 0.295 e. The van der Waals surface area contributed by atoms with Crippen molar-refractivity contribution in [3.8, 4) is 5.69 Å². The third kappa shape index (κ3) is 4.02. The summed E-state index contributed by atoms with van der Waals surface area (Å²) in [4.78, 5) is 29.2. The normalized spacial score (nSPS) is 14.7. The number of nitrogens with zero attached hydrogens (tertiary/aromatic N) is 3. The molecule has 1 aliphatic rings. The van der Waals surface area contributed by atoms with Gasteiger partial charge in [0, 0.05) is 12.7 Å². The summed E-state index contributed by atoms with van der Waals surface area (Å²) < 4.78 is 3.36. The van der Waals surface area contributed by atoms with E-state index in [1.807, 2.05) is 62.5 Å². The summed E-state index contributed by atoms with van der Waals surface area (Å²) >= 11 is 0. The molecule has 156 valence electrons. The van der Waals surface area contributed by atoms with Crippen LogP contribution in [0.1, 0.15) is 5.69 Å². The van der Waals surface area contributed by atoms with Crippen LogP contribution in [0.15, 0.2) is 65.5 Å². The van der Waals surface area contributed by atoms with Gasteiger partial charge in [0.2, 0.25) is 0 Å². The zero-order chi connectivity index (χ0) is 21.1. The predicted molar refractivity (Wildman–Crippen MR) is 119 cm³/mol. The fraction of sp³-hybridized carbons (Fsp3) is 0.304. The largest absolute Gasteiger partial charge is 0.360 e. The summed E-state index contributed by atoms with van der Waals surface area (Å²) in [6, 6.07) is 19.8. The molecular formula is C23H28N5O2+. The molecule has 7 nitrogen and oxygen atoms in total. The Morgan fingerprint density at radius 1 is 0.967 bits per heavy atom. The van der Waals surface area contributed by atoms with Crippen LogP contribution in [0.4, 0.5) is 11.4 Å². The SMILES string of the molecule is Cc1c(NC(=O)C[NH+]2CCN(c3ccccc3)CC2)c(=O)n(-c2ccccc2)n1C. The number of quaternary nitrogens is 1. The van der Waals surface area contributed by atoms with E-state index >= 15 is 0 Å². The molecule has 1 aliphatic heterocycles. The van der Waals surface area contributed by atoms with Crippen LogP contribution in [0, 0.1) is 6.92 Å². The number of hydrogen-bond donors (Lipinski definition) is 2. The van der Waals surface area contributed by atoms with Crippen LogP contribution in [-0.4, -0.2) is 48.0 Å². The van der Waals surface area contributed by atoms with E-state index in [0.717, 1.165) is 37.6 Å². The Kier molecular flexibility index (Phi) is 5.72. The number of anilines is 2. The third-order valence-electron chi connectivity index (χ3n) is 5.82. The molecule has 1 aromatic heterocycles. The van der Waals surface area contributed by atoms with Crippen LogP contribution in [0.5, 0.6) is 0 Å². The molecule has 0 bridgehead atoms. The second-order valence-electron chi connectivity index (χ2n) is 7.73. The Hall–Kier alpha value is -3.32. The van der Waals surface area contributed by atoms with Gasteiger partial charge in [0.15, 0.2) is 6.54 Å². The molecule has 30 heavy (non-hydrogen) atoms. The maximum absolute atomic E-state index is 13.0. The number of hydrogen-bond acceptors (Lipinski definition) is 3. The zero-order valence-corrected chi connectivity index (χ0v) is 17.5. The van der Waals surface area contributed by atoms with Gasteiger partial charge in [0.25, 0.3) is 11.5 Å². The number of amides is 1. The monoisotopic (exact) mass is 406 g/mol. The molecule has 0 radical (unpaired) electrons. The number of carbonyl (C=O) groups excluding carboxylic acids is 1. The molecule has 2 heterocycles. The number of piperazine rings is 1. The van der Waals surface area contributed by atoms with Gasteiger partial charge >= 0.3 is 0 Å². The third-order valence-corrected chi connectivity index (χ3v) is 5.82. The summed E-state index contributed by atoms with van der Waals surface area (Å²) in [7, 11) is 1.83. The van der Waals surface area contributed by atoms with Crippen LogP contribution < -0.4 is 20.7 Å². The second-order valence-corrected chi connectivity index (χ2v) is 7.73. The topological polar surface area (TPSA) is 63.7 Å². The molecule has 3 aromatic rings. The summed E-state index contributed by atoms with van der Waals surface area (Å²) in [6.07, 6.45) is 0. The van der Waals surface area contributed by atoms with Gasteiger partial charge in [0.05, 0.1) is 37.6 Å². The lowest BCUT2D eigenvalue weighted by Gasteiger charge is -2.33. The Labute approximate surface area is 176 Å². The van der Waals surface area contributed by atoms with Crippen molar-refractivity contribution in [2.24, 2.45) is 7.05 Å². The van der Waals surface area contributed by atoms with Crippen molar-refractivity contribution in [3.05, 3.63) is 76.7 Å². The molecule has 4 rings (SSSR count). The van der Waals surface area contributed by atoms with Crippen molar-refractivity contribution in [1.29, 1.82) is 0 Å². The maximum Gasteiger partial charge on any atom is 0.295 e. The first-order chi connectivity index (χ1) is 14.5. The second kappa shape index (κ2) is 8.59. The molecule has 1 amide bonds. The first-order valence-corrected chi connectivity index (χ1v) is 10.3. The summed E-state index contributed by atoms with van der Waals surface area (Å²) in [6.45, 7) is 5.83. The lowest BCUT2D eigenvalue weighted by Crippen LogP contribution is -3.15. The highest BCUT2D eigenvalue weighted by atomic mass is 16.2. The van der Waals surface area contributed by atoms with Gasteiger partial charge in [-0.2, -0.15) is 0 Å². The minimum Gasteiger partial charge on any atom is -0.360 e. The predicted octanol–water partition coefficient (Wildman–Crippen LogP) is 0.828. The highest BCUT2D eigenvalue weighted by Gasteiger charge is 2.24. The highest BCUT2D eigenvalue weighted by Crippen LogP contribution is 2.14.